The lowest BCUT2D eigenvalue weighted by Gasteiger charge is -2.34. The SMILES string of the molecule is COc1cc(OC)cc(N(C(=O)Cc2c[nH]c3ccccc23)[C@H](C(=O)NC2CCCCC2)c2ccc(OC)cc2OC)c1. The second-order valence-electron chi connectivity index (χ2n) is 10.7. The first-order valence-corrected chi connectivity index (χ1v) is 14.6. The van der Waals surface area contributed by atoms with E-state index in [1.807, 2.05) is 30.5 Å². The fourth-order valence-corrected chi connectivity index (χ4v) is 5.86. The molecule has 4 aromatic rings. The van der Waals surface area contributed by atoms with Crippen LogP contribution in [0.1, 0.15) is 49.3 Å². The summed E-state index contributed by atoms with van der Waals surface area (Å²) in [4.78, 5) is 33.8. The summed E-state index contributed by atoms with van der Waals surface area (Å²) >= 11 is 0. The van der Waals surface area contributed by atoms with Gasteiger partial charge in [-0.05, 0) is 36.6 Å². The number of ether oxygens (including phenoxy) is 4. The molecular formula is C34H39N3O6. The quantitative estimate of drug-likeness (QED) is 0.225. The highest BCUT2D eigenvalue weighted by molar-refractivity contribution is 6.04. The molecule has 0 aliphatic heterocycles. The van der Waals surface area contributed by atoms with Crippen molar-refractivity contribution in [2.75, 3.05) is 33.3 Å². The van der Waals surface area contributed by atoms with E-state index in [2.05, 4.69) is 10.3 Å². The number of fused-ring (bicyclic) bond motifs is 1. The summed E-state index contributed by atoms with van der Waals surface area (Å²) in [7, 11) is 6.22. The van der Waals surface area contributed by atoms with E-state index in [-0.39, 0.29) is 24.3 Å². The maximum absolute atomic E-state index is 14.6. The maximum Gasteiger partial charge on any atom is 0.248 e. The van der Waals surface area contributed by atoms with Crippen molar-refractivity contribution in [2.24, 2.45) is 0 Å². The number of hydrogen-bond acceptors (Lipinski definition) is 6. The van der Waals surface area contributed by atoms with Gasteiger partial charge in [0.05, 0.1) is 40.5 Å². The van der Waals surface area contributed by atoms with Crippen molar-refractivity contribution in [1.82, 2.24) is 10.3 Å². The number of carbonyl (C=O) groups is 2. The van der Waals surface area contributed by atoms with Crippen LogP contribution in [-0.4, -0.2) is 51.3 Å². The second kappa shape index (κ2) is 13.5. The number of aromatic nitrogens is 1. The zero-order valence-electron chi connectivity index (χ0n) is 25.1. The van der Waals surface area contributed by atoms with Gasteiger partial charge < -0.3 is 29.2 Å². The first-order valence-electron chi connectivity index (χ1n) is 14.6. The lowest BCUT2D eigenvalue weighted by Crippen LogP contribution is -2.47. The fraction of sp³-hybridized carbons (Fsp3) is 0.353. The third-order valence-corrected chi connectivity index (χ3v) is 8.09. The van der Waals surface area contributed by atoms with E-state index in [9.17, 15) is 9.59 Å². The summed E-state index contributed by atoms with van der Waals surface area (Å²) < 4.78 is 22.4. The molecule has 226 valence electrons. The van der Waals surface area contributed by atoms with E-state index < -0.39 is 6.04 Å². The van der Waals surface area contributed by atoms with Crippen LogP contribution in [0.4, 0.5) is 5.69 Å². The van der Waals surface area contributed by atoms with Gasteiger partial charge in [-0.1, -0.05) is 37.5 Å². The number of hydrogen-bond donors (Lipinski definition) is 2. The largest absolute Gasteiger partial charge is 0.497 e. The Bertz CT molecular complexity index is 1550. The van der Waals surface area contributed by atoms with Gasteiger partial charge in [0, 0.05) is 53.0 Å². The van der Waals surface area contributed by atoms with Gasteiger partial charge in [-0.15, -0.1) is 0 Å². The van der Waals surface area contributed by atoms with Crippen LogP contribution in [0.3, 0.4) is 0 Å². The molecule has 3 aromatic carbocycles. The molecule has 0 bridgehead atoms. The Hall–Kier alpha value is -4.66. The summed E-state index contributed by atoms with van der Waals surface area (Å²) in [5.41, 5.74) is 2.75. The number of nitrogens with zero attached hydrogens (tertiary/aromatic N) is 1. The zero-order valence-corrected chi connectivity index (χ0v) is 25.1. The van der Waals surface area contributed by atoms with Gasteiger partial charge in [0.15, 0.2) is 0 Å². The van der Waals surface area contributed by atoms with E-state index >= 15 is 0 Å². The average molecular weight is 586 g/mol. The van der Waals surface area contributed by atoms with Crippen LogP contribution in [0.15, 0.2) is 66.9 Å². The lowest BCUT2D eigenvalue weighted by atomic mass is 9.94. The summed E-state index contributed by atoms with van der Waals surface area (Å²) in [5, 5.41) is 4.21. The van der Waals surface area contributed by atoms with Crippen molar-refractivity contribution in [3.63, 3.8) is 0 Å². The molecule has 1 saturated carbocycles. The molecule has 2 N–H and O–H groups in total. The predicted molar refractivity (Wildman–Crippen MR) is 166 cm³/mol. The highest BCUT2D eigenvalue weighted by Gasteiger charge is 2.37. The van der Waals surface area contributed by atoms with Crippen molar-refractivity contribution >= 4 is 28.4 Å². The number of amides is 2. The van der Waals surface area contributed by atoms with Gasteiger partial charge in [0.2, 0.25) is 11.8 Å². The number of H-pyrrole nitrogens is 1. The number of methoxy groups -OCH3 is 4. The van der Waals surface area contributed by atoms with Crippen LogP contribution in [0.2, 0.25) is 0 Å². The summed E-state index contributed by atoms with van der Waals surface area (Å²) in [6.45, 7) is 0. The topological polar surface area (TPSA) is 102 Å². The van der Waals surface area contributed by atoms with E-state index in [1.165, 1.54) is 4.90 Å². The first kappa shape index (κ1) is 29.8. The third-order valence-electron chi connectivity index (χ3n) is 8.09. The van der Waals surface area contributed by atoms with Crippen LogP contribution in [0.5, 0.6) is 23.0 Å². The number of nitrogens with one attached hydrogen (secondary N) is 2. The molecule has 2 amide bonds. The van der Waals surface area contributed by atoms with Crippen LogP contribution in [-0.2, 0) is 16.0 Å². The van der Waals surface area contributed by atoms with E-state index in [1.54, 1.807) is 64.8 Å². The van der Waals surface area contributed by atoms with E-state index in [4.69, 9.17) is 18.9 Å². The Morgan fingerprint density at radius 3 is 2.23 bits per heavy atom. The Balaban J connectivity index is 1.66. The number of para-hydroxylation sites is 1. The number of carbonyl (C=O) groups excluding carboxylic acids is 2. The van der Waals surface area contributed by atoms with Crippen molar-refractivity contribution < 1.29 is 28.5 Å². The summed E-state index contributed by atoms with van der Waals surface area (Å²) in [6.07, 6.45) is 6.95. The molecule has 43 heavy (non-hydrogen) atoms. The minimum atomic E-state index is -1.06. The highest BCUT2D eigenvalue weighted by atomic mass is 16.5. The van der Waals surface area contributed by atoms with Crippen molar-refractivity contribution in [2.45, 2.75) is 50.6 Å². The van der Waals surface area contributed by atoms with Gasteiger partial charge >= 0.3 is 0 Å². The molecule has 9 nitrogen and oxygen atoms in total. The van der Waals surface area contributed by atoms with Gasteiger partial charge in [-0.3, -0.25) is 14.5 Å². The number of benzene rings is 3. The Morgan fingerprint density at radius 1 is 0.860 bits per heavy atom. The number of anilines is 1. The van der Waals surface area contributed by atoms with Gasteiger partial charge in [0.25, 0.3) is 0 Å². The van der Waals surface area contributed by atoms with Crippen molar-refractivity contribution in [1.29, 1.82) is 0 Å². The molecule has 0 saturated heterocycles. The molecule has 1 fully saturated rings. The Labute approximate surface area is 252 Å². The molecule has 0 spiro atoms. The Kier molecular flexibility index (Phi) is 9.39. The molecular weight excluding hydrogens is 546 g/mol. The molecule has 1 aromatic heterocycles. The minimum absolute atomic E-state index is 0.0263. The normalized spacial score (nSPS) is 14.1. The van der Waals surface area contributed by atoms with E-state index in [0.717, 1.165) is 48.6 Å². The third kappa shape index (κ3) is 6.56. The number of rotatable bonds is 11. The smallest absolute Gasteiger partial charge is 0.248 e. The molecule has 1 atom stereocenters. The molecule has 5 rings (SSSR count). The minimum Gasteiger partial charge on any atom is -0.497 e. The maximum atomic E-state index is 14.6. The molecule has 0 radical (unpaired) electrons. The molecule has 1 aliphatic rings. The standard InChI is InChI=1S/C34H39N3O6/c1-40-25-14-15-29(31(20-25)43-4)33(34(39)36-23-10-6-5-7-11-23)37(24-17-26(41-2)19-27(18-24)42-3)32(38)16-22-21-35-30-13-9-8-12-28(22)30/h8-9,12-15,17-21,23,33,35H,5-7,10-11,16H2,1-4H3,(H,36,39)/t33-/m0/s1. The summed E-state index contributed by atoms with van der Waals surface area (Å²) in [5.74, 6) is 1.43. The van der Waals surface area contributed by atoms with Crippen LogP contribution in [0, 0.1) is 0 Å². The van der Waals surface area contributed by atoms with E-state index in [0.29, 0.717) is 34.2 Å². The molecule has 0 unspecified atom stereocenters. The fourth-order valence-electron chi connectivity index (χ4n) is 5.86. The van der Waals surface area contributed by atoms with Crippen molar-refractivity contribution in [3.05, 3.63) is 78.0 Å². The van der Waals surface area contributed by atoms with Crippen LogP contribution >= 0.6 is 0 Å². The predicted octanol–water partition coefficient (Wildman–Crippen LogP) is 5.97. The lowest BCUT2D eigenvalue weighted by molar-refractivity contribution is -0.127. The van der Waals surface area contributed by atoms with Crippen LogP contribution in [0.25, 0.3) is 10.9 Å². The summed E-state index contributed by atoms with van der Waals surface area (Å²) in [6, 6.07) is 17.3. The zero-order chi connectivity index (χ0) is 30.3. The average Bonchev–Trinajstić information content (AvgIpc) is 3.45. The van der Waals surface area contributed by atoms with Gasteiger partial charge in [0.1, 0.15) is 29.0 Å². The Morgan fingerprint density at radius 2 is 1.56 bits per heavy atom. The molecule has 1 heterocycles. The van der Waals surface area contributed by atoms with Gasteiger partial charge in [-0.2, -0.15) is 0 Å². The van der Waals surface area contributed by atoms with Crippen LogP contribution < -0.4 is 29.2 Å². The monoisotopic (exact) mass is 585 g/mol. The van der Waals surface area contributed by atoms with Crippen molar-refractivity contribution in [3.8, 4) is 23.0 Å². The number of aromatic amines is 1. The highest BCUT2D eigenvalue weighted by Crippen LogP contribution is 2.39. The molecule has 1 aliphatic carbocycles. The first-order chi connectivity index (χ1) is 20.9. The molecule has 9 heteroatoms. The second-order valence-corrected chi connectivity index (χ2v) is 10.7. The van der Waals surface area contributed by atoms with Gasteiger partial charge in [-0.25, -0.2) is 0 Å².